The van der Waals surface area contributed by atoms with Crippen LogP contribution in [0.2, 0.25) is 5.02 Å². The standard InChI is InChI=1S/C14H13ClO2/c15-11-3-5-12(6-4-11)17-14(16)13-8-9-1-2-10(13)7-9/h1-6,9-10,13H,7-8H2. The molecule has 0 saturated heterocycles. The summed E-state index contributed by atoms with van der Waals surface area (Å²) in [4.78, 5) is 12.0. The van der Waals surface area contributed by atoms with Gasteiger partial charge in [-0.05, 0) is 48.9 Å². The maximum Gasteiger partial charge on any atom is 0.314 e. The SMILES string of the molecule is O=C(Oc1ccc(Cl)cc1)C1CC2C=CC1C2. The van der Waals surface area contributed by atoms with Crippen LogP contribution in [0, 0.1) is 17.8 Å². The quantitative estimate of drug-likeness (QED) is 0.455. The van der Waals surface area contributed by atoms with Crippen LogP contribution in [0.3, 0.4) is 0 Å². The summed E-state index contributed by atoms with van der Waals surface area (Å²) < 4.78 is 5.37. The van der Waals surface area contributed by atoms with E-state index < -0.39 is 0 Å². The van der Waals surface area contributed by atoms with Crippen LogP contribution in [-0.4, -0.2) is 5.97 Å². The molecule has 2 bridgehead atoms. The molecule has 0 heterocycles. The molecule has 1 saturated carbocycles. The van der Waals surface area contributed by atoms with E-state index in [1.807, 2.05) is 0 Å². The number of hydrogen-bond donors (Lipinski definition) is 0. The lowest BCUT2D eigenvalue weighted by Gasteiger charge is -2.16. The molecule has 3 atom stereocenters. The summed E-state index contributed by atoms with van der Waals surface area (Å²) >= 11 is 5.78. The van der Waals surface area contributed by atoms with Crippen molar-refractivity contribution in [2.24, 2.45) is 17.8 Å². The number of esters is 1. The number of benzene rings is 1. The Balaban J connectivity index is 1.68. The predicted octanol–water partition coefficient (Wildman–Crippen LogP) is 3.46. The smallest absolute Gasteiger partial charge is 0.314 e. The van der Waals surface area contributed by atoms with E-state index in [-0.39, 0.29) is 11.9 Å². The van der Waals surface area contributed by atoms with Crippen molar-refractivity contribution in [1.82, 2.24) is 0 Å². The zero-order chi connectivity index (χ0) is 11.8. The average Bonchev–Trinajstić information content (AvgIpc) is 2.94. The fourth-order valence-electron chi connectivity index (χ4n) is 2.75. The van der Waals surface area contributed by atoms with Crippen molar-refractivity contribution < 1.29 is 9.53 Å². The van der Waals surface area contributed by atoms with Gasteiger partial charge in [-0.1, -0.05) is 23.8 Å². The Morgan fingerprint density at radius 3 is 2.53 bits per heavy atom. The molecular formula is C14H13ClO2. The van der Waals surface area contributed by atoms with E-state index in [2.05, 4.69) is 12.2 Å². The minimum absolute atomic E-state index is 0.0423. The molecule has 88 valence electrons. The molecule has 3 unspecified atom stereocenters. The molecule has 2 aliphatic rings. The van der Waals surface area contributed by atoms with Gasteiger partial charge in [-0.15, -0.1) is 0 Å². The second kappa shape index (κ2) is 4.19. The first-order chi connectivity index (χ1) is 8.22. The van der Waals surface area contributed by atoms with Crippen LogP contribution < -0.4 is 4.74 Å². The van der Waals surface area contributed by atoms with E-state index in [9.17, 15) is 4.79 Å². The summed E-state index contributed by atoms with van der Waals surface area (Å²) in [5.41, 5.74) is 0. The molecular weight excluding hydrogens is 236 g/mol. The van der Waals surface area contributed by atoms with Gasteiger partial charge >= 0.3 is 5.97 Å². The van der Waals surface area contributed by atoms with E-state index in [0.29, 0.717) is 22.6 Å². The fourth-order valence-corrected chi connectivity index (χ4v) is 2.87. The highest BCUT2D eigenvalue weighted by Gasteiger charge is 2.40. The summed E-state index contributed by atoms with van der Waals surface area (Å²) in [6.07, 6.45) is 6.42. The van der Waals surface area contributed by atoms with Crippen molar-refractivity contribution in [2.45, 2.75) is 12.8 Å². The highest BCUT2D eigenvalue weighted by atomic mass is 35.5. The minimum atomic E-state index is -0.107. The number of ether oxygens (including phenoxy) is 1. The second-order valence-electron chi connectivity index (χ2n) is 4.76. The van der Waals surface area contributed by atoms with E-state index in [1.54, 1.807) is 24.3 Å². The zero-order valence-electron chi connectivity index (χ0n) is 9.30. The van der Waals surface area contributed by atoms with Crippen molar-refractivity contribution in [3.8, 4) is 5.75 Å². The van der Waals surface area contributed by atoms with Gasteiger partial charge in [-0.25, -0.2) is 0 Å². The lowest BCUT2D eigenvalue weighted by Crippen LogP contribution is -2.23. The Kier molecular flexibility index (Phi) is 2.67. The average molecular weight is 249 g/mol. The van der Waals surface area contributed by atoms with E-state index in [1.165, 1.54) is 0 Å². The molecule has 3 heteroatoms. The molecule has 2 nitrogen and oxygen atoms in total. The molecule has 0 N–H and O–H groups in total. The van der Waals surface area contributed by atoms with Crippen LogP contribution in [0.4, 0.5) is 0 Å². The van der Waals surface area contributed by atoms with Crippen LogP contribution in [-0.2, 0) is 4.79 Å². The Morgan fingerprint density at radius 1 is 1.18 bits per heavy atom. The van der Waals surface area contributed by atoms with Gasteiger partial charge in [0, 0.05) is 5.02 Å². The summed E-state index contributed by atoms with van der Waals surface area (Å²) in [6, 6.07) is 6.91. The first-order valence-electron chi connectivity index (χ1n) is 5.88. The molecule has 3 rings (SSSR count). The van der Waals surface area contributed by atoms with Gasteiger partial charge in [0.2, 0.25) is 0 Å². The molecule has 0 spiro atoms. The Morgan fingerprint density at radius 2 is 1.94 bits per heavy atom. The number of hydrogen-bond acceptors (Lipinski definition) is 2. The highest BCUT2D eigenvalue weighted by molar-refractivity contribution is 6.30. The first kappa shape index (κ1) is 10.8. The topological polar surface area (TPSA) is 26.3 Å². The second-order valence-corrected chi connectivity index (χ2v) is 5.20. The third-order valence-electron chi connectivity index (χ3n) is 3.61. The lowest BCUT2D eigenvalue weighted by atomic mass is 9.94. The lowest BCUT2D eigenvalue weighted by molar-refractivity contribution is -0.139. The predicted molar refractivity (Wildman–Crippen MR) is 65.9 cm³/mol. The molecule has 0 amide bonds. The van der Waals surface area contributed by atoms with Crippen LogP contribution in [0.1, 0.15) is 12.8 Å². The molecule has 2 aliphatic carbocycles. The van der Waals surface area contributed by atoms with Crippen LogP contribution in [0.5, 0.6) is 5.75 Å². The third kappa shape index (κ3) is 2.09. The Bertz CT molecular complexity index is 464. The minimum Gasteiger partial charge on any atom is -0.426 e. The third-order valence-corrected chi connectivity index (χ3v) is 3.87. The Hall–Kier alpha value is -1.28. The molecule has 0 aliphatic heterocycles. The van der Waals surface area contributed by atoms with Crippen LogP contribution in [0.25, 0.3) is 0 Å². The number of allylic oxidation sites excluding steroid dienone is 2. The van der Waals surface area contributed by atoms with Gasteiger partial charge in [-0.3, -0.25) is 4.79 Å². The van der Waals surface area contributed by atoms with Crippen molar-refractivity contribution in [1.29, 1.82) is 0 Å². The molecule has 1 fully saturated rings. The van der Waals surface area contributed by atoms with Crippen molar-refractivity contribution in [2.75, 3.05) is 0 Å². The van der Waals surface area contributed by atoms with Gasteiger partial charge in [0.15, 0.2) is 0 Å². The Labute approximate surface area is 105 Å². The number of rotatable bonds is 2. The summed E-state index contributed by atoms with van der Waals surface area (Å²) in [7, 11) is 0. The normalized spacial score (nSPS) is 29.6. The maximum absolute atomic E-state index is 12.0. The number of fused-ring (bicyclic) bond motifs is 2. The van der Waals surface area contributed by atoms with Crippen molar-refractivity contribution in [3.63, 3.8) is 0 Å². The highest BCUT2D eigenvalue weighted by Crippen LogP contribution is 2.43. The molecule has 1 aromatic carbocycles. The summed E-state index contributed by atoms with van der Waals surface area (Å²) in [5.74, 6) is 1.48. The van der Waals surface area contributed by atoms with Crippen molar-refractivity contribution in [3.05, 3.63) is 41.4 Å². The first-order valence-corrected chi connectivity index (χ1v) is 6.26. The summed E-state index contributed by atoms with van der Waals surface area (Å²) in [5, 5.41) is 0.646. The fraction of sp³-hybridized carbons (Fsp3) is 0.357. The van der Waals surface area contributed by atoms with Gasteiger partial charge < -0.3 is 4.74 Å². The molecule has 0 radical (unpaired) electrons. The molecule has 17 heavy (non-hydrogen) atoms. The van der Waals surface area contributed by atoms with E-state index in [4.69, 9.17) is 16.3 Å². The van der Waals surface area contributed by atoms with Gasteiger partial charge in [0.05, 0.1) is 5.92 Å². The summed E-state index contributed by atoms with van der Waals surface area (Å²) in [6.45, 7) is 0. The molecule has 0 aromatic heterocycles. The van der Waals surface area contributed by atoms with E-state index in [0.717, 1.165) is 12.8 Å². The van der Waals surface area contributed by atoms with E-state index >= 15 is 0 Å². The van der Waals surface area contributed by atoms with Crippen LogP contribution >= 0.6 is 11.6 Å². The maximum atomic E-state index is 12.0. The number of carbonyl (C=O) groups is 1. The molecule has 1 aromatic rings. The van der Waals surface area contributed by atoms with Crippen molar-refractivity contribution >= 4 is 17.6 Å². The monoisotopic (exact) mass is 248 g/mol. The van der Waals surface area contributed by atoms with Crippen LogP contribution in [0.15, 0.2) is 36.4 Å². The van der Waals surface area contributed by atoms with Gasteiger partial charge in [0.25, 0.3) is 0 Å². The number of halogens is 1. The van der Waals surface area contributed by atoms with Gasteiger partial charge in [0.1, 0.15) is 5.75 Å². The van der Waals surface area contributed by atoms with Gasteiger partial charge in [-0.2, -0.15) is 0 Å². The zero-order valence-corrected chi connectivity index (χ0v) is 10.1. The number of carbonyl (C=O) groups excluding carboxylic acids is 1. The largest absolute Gasteiger partial charge is 0.426 e.